The number of carbonyl (C=O) groups excluding carboxylic acids is 2. The van der Waals surface area contributed by atoms with Gasteiger partial charge in [-0.1, -0.05) is 30.3 Å². The van der Waals surface area contributed by atoms with Crippen LogP contribution < -0.4 is 5.32 Å². The molecule has 0 aliphatic carbocycles. The molecule has 0 saturated carbocycles. The van der Waals surface area contributed by atoms with Crippen molar-refractivity contribution in [3.63, 3.8) is 0 Å². The van der Waals surface area contributed by atoms with Crippen molar-refractivity contribution in [3.05, 3.63) is 35.9 Å². The molecule has 2 unspecified atom stereocenters. The van der Waals surface area contributed by atoms with Gasteiger partial charge >= 0.3 is 0 Å². The number of hydrogen-bond donors (Lipinski definition) is 1. The normalized spacial score (nSPS) is 26.6. The number of nitrogens with one attached hydrogen (secondary N) is 1. The standard InChI is InChI=1S/C15H18N2O2S2/c18-13-8-16-15(19)14(11-4-2-1-3-5-11)17(13)9-12-10-20-6-7-21-12/h1-5,12,14H,6-10H2,(H,16,19). The first-order valence-electron chi connectivity index (χ1n) is 7.07. The van der Waals surface area contributed by atoms with E-state index in [0.29, 0.717) is 11.8 Å². The minimum atomic E-state index is -0.486. The van der Waals surface area contributed by atoms with E-state index in [9.17, 15) is 9.59 Å². The third-order valence-corrected chi connectivity index (χ3v) is 6.52. The maximum Gasteiger partial charge on any atom is 0.247 e. The summed E-state index contributed by atoms with van der Waals surface area (Å²) in [5.74, 6) is 3.29. The van der Waals surface area contributed by atoms with Gasteiger partial charge in [0.25, 0.3) is 0 Å². The van der Waals surface area contributed by atoms with Gasteiger partial charge in [-0.2, -0.15) is 23.5 Å². The van der Waals surface area contributed by atoms with Crippen molar-refractivity contribution < 1.29 is 9.59 Å². The third-order valence-electron chi connectivity index (χ3n) is 3.69. The predicted molar refractivity (Wildman–Crippen MR) is 87.5 cm³/mol. The summed E-state index contributed by atoms with van der Waals surface area (Å²) < 4.78 is 0. The number of nitrogens with zero attached hydrogens (tertiary/aromatic N) is 1. The summed E-state index contributed by atoms with van der Waals surface area (Å²) in [5.41, 5.74) is 0.886. The fourth-order valence-electron chi connectivity index (χ4n) is 2.68. The van der Waals surface area contributed by atoms with Crippen LogP contribution in [-0.2, 0) is 9.59 Å². The Kier molecular flexibility index (Phi) is 4.75. The number of hydrogen-bond acceptors (Lipinski definition) is 4. The molecule has 2 aliphatic heterocycles. The molecular weight excluding hydrogens is 304 g/mol. The minimum absolute atomic E-state index is 0.0135. The molecule has 2 aliphatic rings. The molecule has 2 heterocycles. The molecule has 0 bridgehead atoms. The molecule has 0 spiro atoms. The molecule has 2 atom stereocenters. The van der Waals surface area contributed by atoms with Crippen molar-refractivity contribution in [3.8, 4) is 0 Å². The summed E-state index contributed by atoms with van der Waals surface area (Å²) in [6.45, 7) is 0.774. The maximum absolute atomic E-state index is 12.3. The van der Waals surface area contributed by atoms with Gasteiger partial charge in [0.15, 0.2) is 0 Å². The molecule has 1 N–H and O–H groups in total. The summed E-state index contributed by atoms with van der Waals surface area (Å²) in [6.07, 6.45) is 0. The van der Waals surface area contributed by atoms with Gasteiger partial charge in [-0.25, -0.2) is 0 Å². The van der Waals surface area contributed by atoms with Crippen LogP contribution in [0.25, 0.3) is 0 Å². The summed E-state index contributed by atoms with van der Waals surface area (Å²) in [6, 6.07) is 9.08. The molecule has 6 heteroatoms. The van der Waals surface area contributed by atoms with Crippen LogP contribution in [-0.4, -0.2) is 52.3 Å². The topological polar surface area (TPSA) is 49.4 Å². The van der Waals surface area contributed by atoms with Crippen LogP contribution >= 0.6 is 23.5 Å². The van der Waals surface area contributed by atoms with E-state index in [-0.39, 0.29) is 18.4 Å². The van der Waals surface area contributed by atoms with Gasteiger partial charge in [0.1, 0.15) is 6.04 Å². The van der Waals surface area contributed by atoms with E-state index in [2.05, 4.69) is 5.32 Å². The van der Waals surface area contributed by atoms with E-state index < -0.39 is 6.04 Å². The van der Waals surface area contributed by atoms with Crippen molar-refractivity contribution >= 4 is 35.3 Å². The number of carbonyl (C=O) groups is 2. The van der Waals surface area contributed by atoms with Crippen LogP contribution in [0.5, 0.6) is 0 Å². The first kappa shape index (κ1) is 14.8. The van der Waals surface area contributed by atoms with Gasteiger partial charge < -0.3 is 10.2 Å². The fraction of sp³-hybridized carbons (Fsp3) is 0.467. The first-order valence-corrected chi connectivity index (χ1v) is 9.27. The zero-order chi connectivity index (χ0) is 14.7. The highest BCUT2D eigenvalue weighted by molar-refractivity contribution is 8.06. The Morgan fingerprint density at radius 3 is 2.71 bits per heavy atom. The number of thioether (sulfide) groups is 2. The van der Waals surface area contributed by atoms with Crippen LogP contribution in [0.15, 0.2) is 30.3 Å². The Bertz CT molecular complexity index is 518. The van der Waals surface area contributed by atoms with Crippen LogP contribution in [0.1, 0.15) is 11.6 Å². The molecular formula is C15H18N2O2S2. The second-order valence-corrected chi connectivity index (χ2v) is 7.70. The second kappa shape index (κ2) is 6.75. The van der Waals surface area contributed by atoms with Crippen molar-refractivity contribution in [1.29, 1.82) is 0 Å². The van der Waals surface area contributed by atoms with E-state index in [4.69, 9.17) is 0 Å². The van der Waals surface area contributed by atoms with Gasteiger partial charge in [0.05, 0.1) is 6.54 Å². The van der Waals surface area contributed by atoms with Crippen molar-refractivity contribution in [2.45, 2.75) is 11.3 Å². The van der Waals surface area contributed by atoms with Crippen LogP contribution in [0.3, 0.4) is 0 Å². The van der Waals surface area contributed by atoms with Crippen molar-refractivity contribution in [2.24, 2.45) is 0 Å². The number of rotatable bonds is 3. The summed E-state index contributed by atoms with van der Waals surface area (Å²) in [7, 11) is 0. The largest absolute Gasteiger partial charge is 0.345 e. The molecule has 1 aromatic carbocycles. The van der Waals surface area contributed by atoms with Gasteiger partial charge in [-0.3, -0.25) is 9.59 Å². The molecule has 3 rings (SSSR count). The van der Waals surface area contributed by atoms with Crippen molar-refractivity contribution in [1.82, 2.24) is 10.2 Å². The van der Waals surface area contributed by atoms with E-state index in [1.165, 1.54) is 5.75 Å². The molecule has 0 radical (unpaired) electrons. The van der Waals surface area contributed by atoms with Crippen LogP contribution in [0.4, 0.5) is 0 Å². The van der Waals surface area contributed by atoms with E-state index in [1.54, 1.807) is 4.90 Å². The lowest BCUT2D eigenvalue weighted by Gasteiger charge is -2.37. The predicted octanol–water partition coefficient (Wildman–Crippen LogP) is 1.53. The quantitative estimate of drug-likeness (QED) is 0.917. The number of benzene rings is 1. The Balaban J connectivity index is 1.82. The van der Waals surface area contributed by atoms with E-state index in [1.807, 2.05) is 53.9 Å². The molecule has 1 aromatic rings. The monoisotopic (exact) mass is 322 g/mol. The van der Waals surface area contributed by atoms with Crippen LogP contribution in [0, 0.1) is 0 Å². The lowest BCUT2D eigenvalue weighted by Crippen LogP contribution is -2.55. The summed E-state index contributed by atoms with van der Waals surface area (Å²) >= 11 is 3.84. The van der Waals surface area contributed by atoms with Gasteiger partial charge in [-0.05, 0) is 5.56 Å². The van der Waals surface area contributed by atoms with E-state index >= 15 is 0 Å². The Labute approximate surface area is 133 Å². The van der Waals surface area contributed by atoms with Crippen LogP contribution in [0.2, 0.25) is 0 Å². The van der Waals surface area contributed by atoms with E-state index in [0.717, 1.165) is 17.1 Å². The average Bonchev–Trinajstić information content (AvgIpc) is 2.53. The Morgan fingerprint density at radius 2 is 2.00 bits per heavy atom. The SMILES string of the molecule is O=C1NCC(=O)N(CC2CSCCS2)C1c1ccccc1. The molecule has 2 fully saturated rings. The fourth-order valence-corrected chi connectivity index (χ4v) is 5.35. The highest BCUT2D eigenvalue weighted by Crippen LogP contribution is 2.29. The highest BCUT2D eigenvalue weighted by Gasteiger charge is 2.36. The molecule has 0 aromatic heterocycles. The third kappa shape index (κ3) is 3.37. The highest BCUT2D eigenvalue weighted by atomic mass is 32.2. The molecule has 21 heavy (non-hydrogen) atoms. The Hall–Kier alpha value is -1.14. The summed E-state index contributed by atoms with van der Waals surface area (Å²) in [5, 5.41) is 3.13. The lowest BCUT2D eigenvalue weighted by atomic mass is 10.0. The zero-order valence-corrected chi connectivity index (χ0v) is 13.3. The Morgan fingerprint density at radius 1 is 1.19 bits per heavy atom. The smallest absolute Gasteiger partial charge is 0.247 e. The number of piperazine rings is 1. The lowest BCUT2D eigenvalue weighted by molar-refractivity contribution is -0.145. The zero-order valence-electron chi connectivity index (χ0n) is 11.7. The van der Waals surface area contributed by atoms with Gasteiger partial charge in [0, 0.05) is 29.1 Å². The average molecular weight is 322 g/mol. The molecule has 4 nitrogen and oxygen atoms in total. The van der Waals surface area contributed by atoms with Gasteiger partial charge in [0.2, 0.25) is 11.8 Å². The van der Waals surface area contributed by atoms with Gasteiger partial charge in [-0.15, -0.1) is 0 Å². The number of amides is 2. The molecule has 2 amide bonds. The first-order chi connectivity index (χ1) is 10.3. The summed E-state index contributed by atoms with van der Waals surface area (Å²) in [4.78, 5) is 26.3. The molecule has 112 valence electrons. The van der Waals surface area contributed by atoms with Crippen molar-refractivity contribution in [2.75, 3.05) is 30.3 Å². The minimum Gasteiger partial charge on any atom is -0.345 e. The second-order valence-electron chi connectivity index (χ2n) is 5.14. The molecule has 2 saturated heterocycles. The maximum atomic E-state index is 12.3.